The van der Waals surface area contributed by atoms with Gasteiger partial charge in [0, 0.05) is 29.4 Å². The number of nitrogens with one attached hydrogen (secondary N) is 1. The summed E-state index contributed by atoms with van der Waals surface area (Å²) in [6.45, 7) is 2.22. The molecule has 1 unspecified atom stereocenters. The zero-order valence-electron chi connectivity index (χ0n) is 10.2. The van der Waals surface area contributed by atoms with Gasteiger partial charge in [0.15, 0.2) is 0 Å². The van der Waals surface area contributed by atoms with E-state index in [-0.39, 0.29) is 5.84 Å². The van der Waals surface area contributed by atoms with Crippen LogP contribution in [-0.4, -0.2) is 18.9 Å². The minimum atomic E-state index is 0.0670. The number of nitrogens with two attached hydrogens (primary N) is 1. The summed E-state index contributed by atoms with van der Waals surface area (Å²) < 4.78 is 0. The first-order valence-electron chi connectivity index (χ1n) is 5.87. The summed E-state index contributed by atoms with van der Waals surface area (Å²) in [6, 6.07) is 6.03. The Morgan fingerprint density at radius 2 is 2.18 bits per heavy atom. The lowest BCUT2D eigenvalue weighted by Gasteiger charge is -2.29. The summed E-state index contributed by atoms with van der Waals surface area (Å²) in [5.74, 6) is 0.841. The van der Waals surface area contributed by atoms with Crippen molar-refractivity contribution in [2.24, 2.45) is 11.7 Å². The number of benzene rings is 1. The predicted molar refractivity (Wildman–Crippen MR) is 73.1 cm³/mol. The van der Waals surface area contributed by atoms with Crippen molar-refractivity contribution in [3.63, 3.8) is 0 Å². The van der Waals surface area contributed by atoms with Crippen LogP contribution in [0.5, 0.6) is 0 Å². The maximum absolute atomic E-state index is 7.62. The molecule has 0 amide bonds. The van der Waals surface area contributed by atoms with Gasteiger partial charge in [-0.05, 0) is 43.9 Å². The molecule has 0 bridgehead atoms. The molecule has 17 heavy (non-hydrogen) atoms. The molecular weight excluding hydrogens is 234 g/mol. The summed E-state index contributed by atoms with van der Waals surface area (Å²) >= 11 is 5.95. The number of hydrogen-bond donors (Lipinski definition) is 2. The van der Waals surface area contributed by atoms with Gasteiger partial charge in [-0.2, -0.15) is 0 Å². The lowest BCUT2D eigenvalue weighted by Crippen LogP contribution is -2.32. The van der Waals surface area contributed by atoms with Crippen molar-refractivity contribution in [2.75, 3.05) is 11.9 Å². The molecule has 1 saturated carbocycles. The Bertz CT molecular complexity index is 440. The van der Waals surface area contributed by atoms with Crippen LogP contribution in [0.25, 0.3) is 0 Å². The molecule has 2 rings (SSSR count). The fraction of sp³-hybridized carbons (Fsp3) is 0.462. The van der Waals surface area contributed by atoms with Crippen molar-refractivity contribution in [3.05, 3.63) is 28.8 Å². The van der Waals surface area contributed by atoms with Gasteiger partial charge in [0.2, 0.25) is 0 Å². The van der Waals surface area contributed by atoms with Gasteiger partial charge in [-0.1, -0.05) is 11.6 Å². The van der Waals surface area contributed by atoms with Gasteiger partial charge in [-0.15, -0.1) is 0 Å². The molecule has 0 saturated heterocycles. The van der Waals surface area contributed by atoms with Gasteiger partial charge in [-0.25, -0.2) is 0 Å². The normalized spacial score (nSPS) is 16.6. The SMILES string of the molecule is CC(C1CC1)N(C)c1ccc(Cl)cc1C(=N)N. The van der Waals surface area contributed by atoms with Crippen LogP contribution in [0.1, 0.15) is 25.3 Å². The molecule has 1 atom stereocenters. The summed E-state index contributed by atoms with van der Waals surface area (Å²) in [5, 5.41) is 8.24. The second-order valence-corrected chi connectivity index (χ2v) is 5.20. The van der Waals surface area contributed by atoms with E-state index >= 15 is 0 Å². The molecule has 4 heteroatoms. The van der Waals surface area contributed by atoms with Gasteiger partial charge in [0.25, 0.3) is 0 Å². The third-order valence-corrected chi connectivity index (χ3v) is 3.78. The van der Waals surface area contributed by atoms with Crippen LogP contribution in [-0.2, 0) is 0 Å². The molecule has 0 heterocycles. The summed E-state index contributed by atoms with van der Waals surface area (Å²) in [5.41, 5.74) is 7.31. The highest BCUT2D eigenvalue weighted by atomic mass is 35.5. The number of amidine groups is 1. The molecule has 0 radical (unpaired) electrons. The summed E-state index contributed by atoms with van der Waals surface area (Å²) in [6.07, 6.45) is 2.60. The molecule has 0 spiro atoms. The molecule has 1 fully saturated rings. The minimum absolute atomic E-state index is 0.0670. The molecule has 0 aliphatic heterocycles. The monoisotopic (exact) mass is 251 g/mol. The van der Waals surface area contributed by atoms with Gasteiger partial charge >= 0.3 is 0 Å². The second-order valence-electron chi connectivity index (χ2n) is 4.76. The highest BCUT2D eigenvalue weighted by molar-refractivity contribution is 6.31. The highest BCUT2D eigenvalue weighted by Gasteiger charge is 2.31. The first-order chi connectivity index (χ1) is 8.00. The third kappa shape index (κ3) is 2.55. The van der Waals surface area contributed by atoms with E-state index in [1.54, 1.807) is 6.07 Å². The van der Waals surface area contributed by atoms with Crippen LogP contribution < -0.4 is 10.6 Å². The quantitative estimate of drug-likeness (QED) is 0.639. The zero-order valence-corrected chi connectivity index (χ0v) is 11.0. The first kappa shape index (κ1) is 12.2. The lowest BCUT2D eigenvalue weighted by atomic mass is 10.1. The summed E-state index contributed by atoms with van der Waals surface area (Å²) in [7, 11) is 2.05. The average Bonchev–Trinajstić information content (AvgIpc) is 3.10. The van der Waals surface area contributed by atoms with Crippen molar-refractivity contribution in [2.45, 2.75) is 25.8 Å². The topological polar surface area (TPSA) is 53.1 Å². The maximum Gasteiger partial charge on any atom is 0.124 e. The van der Waals surface area contributed by atoms with E-state index in [1.807, 2.05) is 12.1 Å². The van der Waals surface area contributed by atoms with E-state index in [1.165, 1.54) is 12.8 Å². The van der Waals surface area contributed by atoms with E-state index in [9.17, 15) is 0 Å². The Labute approximate surface area is 107 Å². The predicted octanol–water partition coefficient (Wildman–Crippen LogP) is 2.86. The smallest absolute Gasteiger partial charge is 0.124 e. The maximum atomic E-state index is 7.62. The Hall–Kier alpha value is -1.22. The second kappa shape index (κ2) is 4.57. The molecule has 3 N–H and O–H groups in total. The largest absolute Gasteiger partial charge is 0.384 e. The molecule has 3 nitrogen and oxygen atoms in total. The van der Waals surface area contributed by atoms with Crippen molar-refractivity contribution in [1.29, 1.82) is 5.41 Å². The van der Waals surface area contributed by atoms with Crippen LogP contribution >= 0.6 is 11.6 Å². The standard InChI is InChI=1S/C13H18ClN3/c1-8(9-3-4-9)17(2)12-6-5-10(14)7-11(12)13(15)16/h5-9H,3-4H2,1-2H3,(H3,15,16). The molecule has 1 aromatic carbocycles. The van der Waals surface area contributed by atoms with Gasteiger partial charge in [0.1, 0.15) is 5.84 Å². The zero-order chi connectivity index (χ0) is 12.6. The van der Waals surface area contributed by atoms with E-state index in [2.05, 4.69) is 18.9 Å². The van der Waals surface area contributed by atoms with E-state index in [0.29, 0.717) is 16.6 Å². The third-order valence-electron chi connectivity index (χ3n) is 3.54. The van der Waals surface area contributed by atoms with Gasteiger partial charge in [0.05, 0.1) is 0 Å². The van der Waals surface area contributed by atoms with Crippen molar-refractivity contribution in [3.8, 4) is 0 Å². The fourth-order valence-electron chi connectivity index (χ4n) is 2.15. The Morgan fingerprint density at radius 3 is 2.71 bits per heavy atom. The Morgan fingerprint density at radius 1 is 1.53 bits per heavy atom. The molecule has 1 aromatic rings. The van der Waals surface area contributed by atoms with Gasteiger partial charge in [-0.3, -0.25) is 5.41 Å². The number of nitrogen functional groups attached to an aromatic ring is 1. The van der Waals surface area contributed by atoms with Crippen LogP contribution in [0, 0.1) is 11.3 Å². The number of rotatable bonds is 4. The van der Waals surface area contributed by atoms with E-state index in [4.69, 9.17) is 22.7 Å². The number of nitrogens with zero attached hydrogens (tertiary/aromatic N) is 1. The van der Waals surface area contributed by atoms with Crippen molar-refractivity contribution >= 4 is 23.1 Å². The number of halogens is 1. The molecule has 1 aliphatic rings. The number of hydrogen-bond acceptors (Lipinski definition) is 2. The summed E-state index contributed by atoms with van der Waals surface area (Å²) in [4.78, 5) is 2.20. The van der Waals surface area contributed by atoms with E-state index in [0.717, 1.165) is 11.6 Å². The molecule has 0 aromatic heterocycles. The average molecular weight is 252 g/mol. The highest BCUT2D eigenvalue weighted by Crippen LogP contribution is 2.37. The molecular formula is C13H18ClN3. The van der Waals surface area contributed by atoms with Crippen molar-refractivity contribution < 1.29 is 0 Å². The lowest BCUT2D eigenvalue weighted by molar-refractivity contribution is 0.609. The number of anilines is 1. The van der Waals surface area contributed by atoms with Crippen molar-refractivity contribution in [1.82, 2.24) is 0 Å². The Kier molecular flexibility index (Phi) is 3.29. The fourth-order valence-corrected chi connectivity index (χ4v) is 2.32. The van der Waals surface area contributed by atoms with Gasteiger partial charge < -0.3 is 10.6 Å². The van der Waals surface area contributed by atoms with Crippen LogP contribution in [0.2, 0.25) is 5.02 Å². The van der Waals surface area contributed by atoms with Crippen LogP contribution in [0.15, 0.2) is 18.2 Å². The van der Waals surface area contributed by atoms with Crippen LogP contribution in [0.4, 0.5) is 5.69 Å². The minimum Gasteiger partial charge on any atom is -0.384 e. The van der Waals surface area contributed by atoms with Crippen LogP contribution in [0.3, 0.4) is 0 Å². The molecule has 92 valence electrons. The Balaban J connectivity index is 2.32. The molecule has 1 aliphatic carbocycles. The first-order valence-corrected chi connectivity index (χ1v) is 6.25. The van der Waals surface area contributed by atoms with E-state index < -0.39 is 0 Å².